The number of hydrogen-bond acceptors (Lipinski definition) is 6. The van der Waals surface area contributed by atoms with E-state index in [0.29, 0.717) is 23.0 Å². The van der Waals surface area contributed by atoms with Crippen LogP contribution in [-0.4, -0.2) is 38.3 Å². The molecule has 2 rings (SSSR count). The van der Waals surface area contributed by atoms with Gasteiger partial charge in [0.25, 0.3) is 0 Å². The molecule has 0 atom stereocenters. The fourth-order valence-electron chi connectivity index (χ4n) is 1.92. The topological polar surface area (TPSA) is 71.3 Å². The van der Waals surface area contributed by atoms with Crippen molar-refractivity contribution in [3.8, 4) is 28.8 Å². The van der Waals surface area contributed by atoms with Crippen molar-refractivity contribution < 1.29 is 9.47 Å². The van der Waals surface area contributed by atoms with Gasteiger partial charge in [0.15, 0.2) is 23.0 Å². The van der Waals surface area contributed by atoms with Crippen LogP contribution >= 0.6 is 0 Å². The van der Waals surface area contributed by atoms with Gasteiger partial charge in [-0.05, 0) is 18.2 Å². The van der Waals surface area contributed by atoms with Crippen LogP contribution in [0.15, 0.2) is 24.4 Å². The number of aromatic nitrogens is 2. The van der Waals surface area contributed by atoms with E-state index in [0.717, 1.165) is 5.56 Å². The summed E-state index contributed by atoms with van der Waals surface area (Å²) in [5.41, 5.74) is 1.70. The third kappa shape index (κ3) is 2.87. The summed E-state index contributed by atoms with van der Waals surface area (Å²) >= 11 is 0. The predicted octanol–water partition coefficient (Wildman–Crippen LogP) is 2.10. The van der Waals surface area contributed by atoms with Gasteiger partial charge in [0, 0.05) is 19.7 Å². The maximum Gasteiger partial charge on any atom is 0.183 e. The van der Waals surface area contributed by atoms with Crippen LogP contribution in [0, 0.1) is 11.3 Å². The zero-order chi connectivity index (χ0) is 15.4. The summed E-state index contributed by atoms with van der Waals surface area (Å²) in [6.45, 7) is 0. The minimum atomic E-state index is 0.285. The first-order chi connectivity index (χ1) is 10.1. The van der Waals surface area contributed by atoms with E-state index < -0.39 is 0 Å². The molecule has 0 fully saturated rings. The monoisotopic (exact) mass is 284 g/mol. The number of benzene rings is 1. The molecule has 0 aliphatic carbocycles. The molecule has 0 saturated heterocycles. The number of nitrogens with zero attached hydrogens (tertiary/aromatic N) is 4. The fraction of sp³-hybridized carbons (Fsp3) is 0.267. The molecule has 1 aromatic heterocycles. The highest BCUT2D eigenvalue weighted by Gasteiger charge is 2.12. The van der Waals surface area contributed by atoms with Gasteiger partial charge in [-0.15, -0.1) is 0 Å². The molecule has 0 aliphatic heterocycles. The number of hydrogen-bond donors (Lipinski definition) is 0. The van der Waals surface area contributed by atoms with Crippen LogP contribution in [0.25, 0.3) is 11.3 Å². The van der Waals surface area contributed by atoms with Crippen molar-refractivity contribution in [1.82, 2.24) is 9.97 Å². The molecule has 0 amide bonds. The Balaban J connectivity index is 2.50. The molecule has 0 bridgehead atoms. The molecule has 0 N–H and O–H groups in total. The molecular weight excluding hydrogens is 268 g/mol. The zero-order valence-corrected chi connectivity index (χ0v) is 12.4. The molecule has 0 spiro atoms. The van der Waals surface area contributed by atoms with E-state index in [-0.39, 0.29) is 5.69 Å². The third-order valence-corrected chi connectivity index (χ3v) is 2.96. The smallest absolute Gasteiger partial charge is 0.183 e. The lowest BCUT2D eigenvalue weighted by molar-refractivity contribution is 0.355. The van der Waals surface area contributed by atoms with Crippen LogP contribution in [0.3, 0.4) is 0 Å². The molecule has 0 aliphatic rings. The van der Waals surface area contributed by atoms with Crippen molar-refractivity contribution in [2.75, 3.05) is 33.2 Å². The molecule has 108 valence electrons. The van der Waals surface area contributed by atoms with Gasteiger partial charge in [-0.25, -0.2) is 9.97 Å². The second-order valence-electron chi connectivity index (χ2n) is 4.50. The summed E-state index contributed by atoms with van der Waals surface area (Å²) in [6.07, 6.45) is 1.64. The van der Waals surface area contributed by atoms with Crippen molar-refractivity contribution in [2.45, 2.75) is 0 Å². The van der Waals surface area contributed by atoms with Gasteiger partial charge in [0.2, 0.25) is 0 Å². The molecule has 1 heterocycles. The Labute approximate surface area is 123 Å². The van der Waals surface area contributed by atoms with E-state index in [1.54, 1.807) is 37.4 Å². The van der Waals surface area contributed by atoms with Crippen molar-refractivity contribution in [1.29, 1.82) is 5.26 Å². The van der Waals surface area contributed by atoms with Crippen LogP contribution in [0.4, 0.5) is 5.82 Å². The Morgan fingerprint density at radius 1 is 1.14 bits per heavy atom. The minimum absolute atomic E-state index is 0.285. The standard InChI is InChI=1S/C15H16N4O2/c1-19(2)15-11(8-16)18-12(9-17-15)10-5-6-13(20-3)14(7-10)21-4/h5-7,9H,1-4H3. The first-order valence-corrected chi connectivity index (χ1v) is 6.27. The van der Waals surface area contributed by atoms with Gasteiger partial charge in [-0.2, -0.15) is 5.26 Å². The van der Waals surface area contributed by atoms with E-state index in [9.17, 15) is 5.26 Å². The fourth-order valence-corrected chi connectivity index (χ4v) is 1.92. The van der Waals surface area contributed by atoms with Crippen LogP contribution in [0.2, 0.25) is 0 Å². The number of anilines is 1. The van der Waals surface area contributed by atoms with Crippen LogP contribution < -0.4 is 14.4 Å². The number of methoxy groups -OCH3 is 2. The van der Waals surface area contributed by atoms with Gasteiger partial charge in [-0.1, -0.05) is 0 Å². The maximum atomic E-state index is 9.20. The average molecular weight is 284 g/mol. The summed E-state index contributed by atoms with van der Waals surface area (Å²) in [5.74, 6) is 1.79. The summed E-state index contributed by atoms with van der Waals surface area (Å²) in [5, 5.41) is 9.20. The van der Waals surface area contributed by atoms with Crippen molar-refractivity contribution in [2.24, 2.45) is 0 Å². The maximum absolute atomic E-state index is 9.20. The van der Waals surface area contributed by atoms with Crippen LogP contribution in [0.5, 0.6) is 11.5 Å². The van der Waals surface area contributed by atoms with Gasteiger partial charge in [-0.3, -0.25) is 0 Å². The Morgan fingerprint density at radius 2 is 1.86 bits per heavy atom. The van der Waals surface area contributed by atoms with Crippen LogP contribution in [0.1, 0.15) is 5.69 Å². The van der Waals surface area contributed by atoms with Gasteiger partial charge >= 0.3 is 0 Å². The Hall–Kier alpha value is -2.81. The molecule has 6 nitrogen and oxygen atoms in total. The Bertz CT molecular complexity index is 693. The summed E-state index contributed by atoms with van der Waals surface area (Å²) < 4.78 is 10.5. The molecule has 1 aromatic carbocycles. The predicted molar refractivity (Wildman–Crippen MR) is 79.6 cm³/mol. The van der Waals surface area contributed by atoms with E-state index in [4.69, 9.17) is 9.47 Å². The highest BCUT2D eigenvalue weighted by molar-refractivity contribution is 5.65. The molecule has 21 heavy (non-hydrogen) atoms. The second-order valence-corrected chi connectivity index (χ2v) is 4.50. The first-order valence-electron chi connectivity index (χ1n) is 6.27. The van der Waals surface area contributed by atoms with E-state index in [1.807, 2.05) is 20.2 Å². The molecule has 2 aromatic rings. The number of ether oxygens (including phenoxy) is 2. The number of nitriles is 1. The minimum Gasteiger partial charge on any atom is -0.493 e. The quantitative estimate of drug-likeness (QED) is 0.856. The molecule has 0 radical (unpaired) electrons. The van der Waals surface area contributed by atoms with E-state index in [2.05, 4.69) is 16.0 Å². The van der Waals surface area contributed by atoms with Crippen molar-refractivity contribution >= 4 is 5.82 Å². The molecule has 0 saturated carbocycles. The average Bonchev–Trinajstić information content (AvgIpc) is 2.53. The lowest BCUT2D eigenvalue weighted by Crippen LogP contribution is -2.13. The van der Waals surface area contributed by atoms with Gasteiger partial charge in [0.1, 0.15) is 6.07 Å². The van der Waals surface area contributed by atoms with Crippen molar-refractivity contribution in [3.63, 3.8) is 0 Å². The number of rotatable bonds is 4. The normalized spacial score (nSPS) is 9.86. The summed E-state index contributed by atoms with van der Waals surface area (Å²) in [4.78, 5) is 10.4. The highest BCUT2D eigenvalue weighted by atomic mass is 16.5. The molecule has 0 unspecified atom stereocenters. The van der Waals surface area contributed by atoms with Crippen LogP contribution in [-0.2, 0) is 0 Å². The third-order valence-electron chi connectivity index (χ3n) is 2.96. The van der Waals surface area contributed by atoms with Gasteiger partial charge < -0.3 is 14.4 Å². The summed E-state index contributed by atoms with van der Waals surface area (Å²) in [6, 6.07) is 7.51. The van der Waals surface area contributed by atoms with Crippen molar-refractivity contribution in [3.05, 3.63) is 30.1 Å². The Morgan fingerprint density at radius 3 is 2.43 bits per heavy atom. The van der Waals surface area contributed by atoms with Gasteiger partial charge in [0.05, 0.1) is 26.1 Å². The highest BCUT2D eigenvalue weighted by Crippen LogP contribution is 2.31. The largest absolute Gasteiger partial charge is 0.493 e. The van der Waals surface area contributed by atoms with E-state index in [1.165, 1.54) is 0 Å². The SMILES string of the molecule is COc1ccc(-c2cnc(N(C)C)c(C#N)n2)cc1OC. The first kappa shape index (κ1) is 14.6. The second kappa shape index (κ2) is 6.09. The molecular formula is C15H16N4O2. The zero-order valence-electron chi connectivity index (χ0n) is 12.4. The summed E-state index contributed by atoms with van der Waals surface area (Å²) in [7, 11) is 6.79. The molecule has 6 heteroatoms. The lowest BCUT2D eigenvalue weighted by Gasteiger charge is -2.13. The lowest BCUT2D eigenvalue weighted by atomic mass is 10.1. The van der Waals surface area contributed by atoms with E-state index >= 15 is 0 Å². The Kier molecular flexibility index (Phi) is 4.24.